The van der Waals surface area contributed by atoms with Crippen molar-refractivity contribution in [2.45, 2.75) is 49.5 Å². The lowest BCUT2D eigenvalue weighted by Gasteiger charge is -2.08. The third-order valence-electron chi connectivity index (χ3n) is 1.67. The monoisotopic (exact) mass is 282 g/mol. The van der Waals surface area contributed by atoms with Crippen LogP contribution in [-0.2, 0) is 0 Å². The zero-order valence-corrected chi connectivity index (χ0v) is 9.10. The Labute approximate surface area is 88.0 Å². The molecule has 0 aliphatic rings. The van der Waals surface area contributed by atoms with Crippen molar-refractivity contribution >= 4 is 15.9 Å². The molecule has 0 aromatic heterocycles. The standard InChI is InChI=1S/C8H12BrF5/c9-7(10,11)5-3-1-2-4-6-8(12,13)14/h1-6H2. The smallest absolute Gasteiger partial charge is 0.194 e. The van der Waals surface area contributed by atoms with Gasteiger partial charge in [0.05, 0.1) is 0 Å². The lowest BCUT2D eigenvalue weighted by Crippen LogP contribution is -2.06. The first-order chi connectivity index (χ1) is 6.21. The summed E-state index contributed by atoms with van der Waals surface area (Å²) in [5.41, 5.74) is 0. The third-order valence-corrected chi connectivity index (χ3v) is 2.07. The van der Waals surface area contributed by atoms with Crippen LogP contribution in [0.5, 0.6) is 0 Å². The minimum Gasteiger partial charge on any atom is -0.194 e. The second-order valence-corrected chi connectivity index (χ2v) is 4.30. The predicted octanol–water partition coefficient (Wildman–Crippen LogP) is 4.88. The lowest BCUT2D eigenvalue weighted by molar-refractivity contribution is -0.135. The van der Waals surface area contributed by atoms with E-state index >= 15 is 0 Å². The molecule has 0 unspecified atom stereocenters. The number of rotatable bonds is 6. The Morgan fingerprint density at radius 3 is 1.50 bits per heavy atom. The van der Waals surface area contributed by atoms with Crippen LogP contribution in [0.3, 0.4) is 0 Å². The summed E-state index contributed by atoms with van der Waals surface area (Å²) in [4.78, 5) is -2.88. The highest BCUT2D eigenvalue weighted by Crippen LogP contribution is 2.29. The van der Waals surface area contributed by atoms with Gasteiger partial charge in [0.25, 0.3) is 0 Å². The maximum atomic E-state index is 12.2. The Bertz CT molecular complexity index is 131. The number of hydrogen-bond acceptors (Lipinski definition) is 0. The topological polar surface area (TPSA) is 0 Å². The molecule has 86 valence electrons. The molecule has 0 heterocycles. The van der Waals surface area contributed by atoms with Gasteiger partial charge in [-0.2, -0.15) is 22.0 Å². The van der Waals surface area contributed by atoms with Gasteiger partial charge in [-0.3, -0.25) is 0 Å². The average molecular weight is 283 g/mol. The fraction of sp³-hybridized carbons (Fsp3) is 1.00. The molecule has 0 aromatic rings. The second-order valence-electron chi connectivity index (χ2n) is 3.14. The molecule has 0 amide bonds. The lowest BCUT2D eigenvalue weighted by atomic mass is 10.1. The van der Waals surface area contributed by atoms with Crippen molar-refractivity contribution in [3.05, 3.63) is 0 Å². The van der Waals surface area contributed by atoms with E-state index < -0.39 is 17.4 Å². The molecule has 0 bridgehead atoms. The van der Waals surface area contributed by atoms with E-state index in [4.69, 9.17) is 0 Å². The molecule has 6 heteroatoms. The highest BCUT2D eigenvalue weighted by Gasteiger charge is 2.26. The molecule has 0 spiro atoms. The van der Waals surface area contributed by atoms with E-state index in [0.29, 0.717) is 12.8 Å². The van der Waals surface area contributed by atoms with Gasteiger partial charge in [-0.25, -0.2) is 0 Å². The van der Waals surface area contributed by atoms with Crippen molar-refractivity contribution in [2.75, 3.05) is 0 Å². The molecule has 0 saturated heterocycles. The summed E-state index contributed by atoms with van der Waals surface area (Å²) in [7, 11) is 0. The summed E-state index contributed by atoms with van der Waals surface area (Å²) < 4.78 is 59.2. The van der Waals surface area contributed by atoms with Crippen molar-refractivity contribution in [2.24, 2.45) is 0 Å². The quantitative estimate of drug-likeness (QED) is 0.370. The van der Waals surface area contributed by atoms with Crippen molar-refractivity contribution < 1.29 is 22.0 Å². The van der Waals surface area contributed by atoms with Crippen LogP contribution in [0, 0.1) is 0 Å². The molecular formula is C8H12BrF5. The van der Waals surface area contributed by atoms with Crippen LogP contribution in [-0.4, -0.2) is 11.0 Å². The van der Waals surface area contributed by atoms with Crippen LogP contribution < -0.4 is 0 Å². The fourth-order valence-corrected chi connectivity index (χ4v) is 1.28. The summed E-state index contributed by atoms with van der Waals surface area (Å²) in [5.74, 6) is 0. The Morgan fingerprint density at radius 1 is 0.714 bits per heavy atom. The first-order valence-electron chi connectivity index (χ1n) is 4.34. The van der Waals surface area contributed by atoms with Gasteiger partial charge in [0.2, 0.25) is 0 Å². The highest BCUT2D eigenvalue weighted by molar-refractivity contribution is 9.09. The first-order valence-corrected chi connectivity index (χ1v) is 5.13. The van der Waals surface area contributed by atoms with Crippen LogP contribution in [0.2, 0.25) is 0 Å². The summed E-state index contributed by atoms with van der Waals surface area (Å²) in [6, 6.07) is 0. The van der Waals surface area contributed by atoms with Crippen LogP contribution in [0.1, 0.15) is 38.5 Å². The van der Waals surface area contributed by atoms with Gasteiger partial charge in [0.15, 0.2) is 0 Å². The van der Waals surface area contributed by atoms with Crippen LogP contribution in [0.25, 0.3) is 0 Å². The molecule has 0 fully saturated rings. The minimum absolute atomic E-state index is 0.0252. The molecule has 0 aliphatic heterocycles. The van der Waals surface area contributed by atoms with Gasteiger partial charge >= 0.3 is 11.0 Å². The molecule has 0 N–H and O–H groups in total. The molecule has 0 aliphatic carbocycles. The Hall–Kier alpha value is 0.130. The van der Waals surface area contributed by atoms with Crippen molar-refractivity contribution in [1.29, 1.82) is 0 Å². The molecular weight excluding hydrogens is 271 g/mol. The second kappa shape index (κ2) is 5.88. The summed E-state index contributed by atoms with van der Waals surface area (Å²) in [5, 5.41) is 0. The van der Waals surface area contributed by atoms with E-state index in [1.165, 1.54) is 0 Å². The van der Waals surface area contributed by atoms with E-state index in [1.54, 1.807) is 0 Å². The Kier molecular flexibility index (Phi) is 5.93. The van der Waals surface area contributed by atoms with E-state index in [9.17, 15) is 22.0 Å². The van der Waals surface area contributed by atoms with E-state index in [2.05, 4.69) is 15.9 Å². The molecule has 0 saturated carbocycles. The Morgan fingerprint density at radius 2 is 1.14 bits per heavy atom. The predicted molar refractivity (Wildman–Crippen MR) is 47.6 cm³/mol. The number of halogens is 6. The normalized spacial score (nSPS) is 13.3. The number of alkyl halides is 6. The zero-order valence-electron chi connectivity index (χ0n) is 7.51. The SMILES string of the molecule is FC(F)(F)CCCCCCC(F)(F)Br. The maximum Gasteiger partial charge on any atom is 0.389 e. The van der Waals surface area contributed by atoms with Crippen LogP contribution in [0.4, 0.5) is 22.0 Å². The van der Waals surface area contributed by atoms with Gasteiger partial charge < -0.3 is 0 Å². The minimum atomic E-state index is -4.13. The van der Waals surface area contributed by atoms with Crippen molar-refractivity contribution in [3.63, 3.8) is 0 Å². The molecule has 0 aromatic carbocycles. The molecule has 0 atom stereocenters. The molecule has 0 radical (unpaired) electrons. The first kappa shape index (κ1) is 14.1. The van der Waals surface area contributed by atoms with Crippen molar-refractivity contribution in [3.8, 4) is 0 Å². The summed E-state index contributed by atoms with van der Waals surface area (Å²) >= 11 is 2.17. The maximum absolute atomic E-state index is 12.2. The summed E-state index contributed by atoms with van der Waals surface area (Å²) in [6.45, 7) is 0. The van der Waals surface area contributed by atoms with Gasteiger partial charge in [0.1, 0.15) is 0 Å². The zero-order chi connectivity index (χ0) is 11.2. The van der Waals surface area contributed by atoms with Crippen LogP contribution in [0.15, 0.2) is 0 Å². The van der Waals surface area contributed by atoms with Gasteiger partial charge in [-0.15, -0.1) is 0 Å². The van der Waals surface area contributed by atoms with E-state index in [1.807, 2.05) is 0 Å². The fourth-order valence-electron chi connectivity index (χ4n) is 1.00. The van der Waals surface area contributed by atoms with Gasteiger partial charge in [-0.05, 0) is 28.8 Å². The largest absolute Gasteiger partial charge is 0.389 e. The third kappa shape index (κ3) is 12.1. The number of hydrogen-bond donors (Lipinski definition) is 0. The van der Waals surface area contributed by atoms with E-state index in [-0.39, 0.29) is 19.3 Å². The van der Waals surface area contributed by atoms with Gasteiger partial charge in [-0.1, -0.05) is 12.8 Å². The highest BCUT2D eigenvalue weighted by atomic mass is 79.9. The molecule has 0 nitrogen and oxygen atoms in total. The summed E-state index contributed by atoms with van der Waals surface area (Å²) in [6.07, 6.45) is -4.23. The molecule has 0 rings (SSSR count). The average Bonchev–Trinajstić information content (AvgIpc) is 1.92. The Balaban J connectivity index is 3.23. The van der Waals surface area contributed by atoms with Gasteiger partial charge in [0, 0.05) is 12.8 Å². The van der Waals surface area contributed by atoms with Crippen LogP contribution >= 0.6 is 15.9 Å². The molecule has 14 heavy (non-hydrogen) atoms. The number of unbranched alkanes of at least 4 members (excludes halogenated alkanes) is 3. The van der Waals surface area contributed by atoms with Crippen molar-refractivity contribution in [1.82, 2.24) is 0 Å². The van der Waals surface area contributed by atoms with E-state index in [0.717, 1.165) is 0 Å².